The summed E-state index contributed by atoms with van der Waals surface area (Å²) in [5.74, 6) is 0.657. The molecule has 2 N–H and O–H groups in total. The molecular formula is C18H20N2O5S. The maximum atomic E-state index is 12.6. The average molecular weight is 376 g/mol. The molecule has 0 aromatic heterocycles. The molecule has 0 spiro atoms. The van der Waals surface area contributed by atoms with Crippen molar-refractivity contribution in [3.63, 3.8) is 0 Å². The smallest absolute Gasteiger partial charge is 0.262 e. The molecule has 8 heteroatoms. The van der Waals surface area contributed by atoms with Gasteiger partial charge in [-0.3, -0.25) is 9.52 Å². The summed E-state index contributed by atoms with van der Waals surface area (Å²) in [6.45, 7) is 0. The quantitative estimate of drug-likeness (QED) is 0.723. The number of nitrogens with one attached hydrogen (secondary N) is 2. The van der Waals surface area contributed by atoms with Crippen molar-refractivity contribution in [3.8, 4) is 11.5 Å². The lowest BCUT2D eigenvalue weighted by molar-refractivity contribution is -0.115. The van der Waals surface area contributed by atoms with Crippen LogP contribution in [-0.4, -0.2) is 35.6 Å². The standard InChI is InChI=1S/C18H20N2O5S/c1-19-18(21)11-6-13-4-8-15(9-5-13)26(22,23)20-16-10-7-14(24-2)12-17(16)25-3/h4-12,20H,1-3H3,(H,19,21)/b11-6+. The summed E-state index contributed by atoms with van der Waals surface area (Å²) in [7, 11) is 0.694. The van der Waals surface area contributed by atoms with Gasteiger partial charge in [-0.2, -0.15) is 0 Å². The molecule has 0 aliphatic heterocycles. The van der Waals surface area contributed by atoms with Crippen molar-refractivity contribution in [2.24, 2.45) is 0 Å². The highest BCUT2D eigenvalue weighted by atomic mass is 32.2. The Kier molecular flexibility index (Phi) is 6.24. The van der Waals surface area contributed by atoms with Crippen molar-refractivity contribution in [2.75, 3.05) is 26.0 Å². The van der Waals surface area contributed by atoms with Crippen LogP contribution in [0.4, 0.5) is 5.69 Å². The van der Waals surface area contributed by atoms with Gasteiger partial charge in [-0.05, 0) is 35.9 Å². The lowest BCUT2D eigenvalue weighted by Gasteiger charge is -2.13. The molecule has 2 rings (SSSR count). The Hall–Kier alpha value is -3.00. The first-order valence-corrected chi connectivity index (χ1v) is 9.12. The van der Waals surface area contributed by atoms with E-state index >= 15 is 0 Å². The number of likely N-dealkylation sites (N-methyl/N-ethyl adjacent to an activating group) is 1. The molecule has 0 bridgehead atoms. The number of carbonyl (C=O) groups excluding carboxylic acids is 1. The molecule has 2 aromatic rings. The van der Waals surface area contributed by atoms with Crippen LogP contribution in [0, 0.1) is 0 Å². The van der Waals surface area contributed by atoms with Gasteiger partial charge in [0.2, 0.25) is 5.91 Å². The maximum Gasteiger partial charge on any atom is 0.262 e. The molecule has 0 unspecified atom stereocenters. The van der Waals surface area contributed by atoms with E-state index in [0.717, 1.165) is 0 Å². The number of amides is 1. The largest absolute Gasteiger partial charge is 0.497 e. The molecule has 0 radical (unpaired) electrons. The van der Waals surface area contributed by atoms with Crippen molar-refractivity contribution < 1.29 is 22.7 Å². The Morgan fingerprint density at radius 3 is 2.31 bits per heavy atom. The van der Waals surface area contributed by atoms with Crippen LogP contribution >= 0.6 is 0 Å². The molecule has 2 aromatic carbocycles. The van der Waals surface area contributed by atoms with E-state index in [2.05, 4.69) is 10.0 Å². The molecule has 7 nitrogen and oxygen atoms in total. The minimum absolute atomic E-state index is 0.0902. The van der Waals surface area contributed by atoms with Gasteiger partial charge in [0.15, 0.2) is 0 Å². The van der Waals surface area contributed by atoms with Gasteiger partial charge in [-0.1, -0.05) is 12.1 Å². The molecule has 26 heavy (non-hydrogen) atoms. The third-order valence-electron chi connectivity index (χ3n) is 3.52. The number of methoxy groups -OCH3 is 2. The van der Waals surface area contributed by atoms with E-state index in [0.29, 0.717) is 22.7 Å². The van der Waals surface area contributed by atoms with Crippen LogP contribution in [0.25, 0.3) is 6.08 Å². The van der Waals surface area contributed by atoms with E-state index in [1.54, 1.807) is 36.4 Å². The van der Waals surface area contributed by atoms with Gasteiger partial charge in [0.05, 0.1) is 24.8 Å². The Bertz CT molecular complexity index is 906. The van der Waals surface area contributed by atoms with E-state index in [-0.39, 0.29) is 10.8 Å². The Morgan fingerprint density at radius 2 is 1.73 bits per heavy atom. The van der Waals surface area contributed by atoms with Crippen LogP contribution in [0.2, 0.25) is 0 Å². The Morgan fingerprint density at radius 1 is 1.04 bits per heavy atom. The first kappa shape index (κ1) is 19.3. The molecule has 138 valence electrons. The summed E-state index contributed by atoms with van der Waals surface area (Å²) >= 11 is 0. The second kappa shape index (κ2) is 8.39. The van der Waals surface area contributed by atoms with Gasteiger partial charge >= 0.3 is 0 Å². The monoisotopic (exact) mass is 376 g/mol. The van der Waals surface area contributed by atoms with Gasteiger partial charge in [0, 0.05) is 19.2 Å². The van der Waals surface area contributed by atoms with Gasteiger partial charge < -0.3 is 14.8 Å². The van der Waals surface area contributed by atoms with E-state index < -0.39 is 10.0 Å². The lowest BCUT2D eigenvalue weighted by atomic mass is 10.2. The first-order valence-electron chi connectivity index (χ1n) is 7.64. The molecule has 0 aliphatic carbocycles. The summed E-state index contributed by atoms with van der Waals surface area (Å²) in [4.78, 5) is 11.3. The minimum atomic E-state index is -3.79. The fraction of sp³-hybridized carbons (Fsp3) is 0.167. The number of anilines is 1. The van der Waals surface area contributed by atoms with Gasteiger partial charge in [-0.25, -0.2) is 8.42 Å². The maximum absolute atomic E-state index is 12.6. The van der Waals surface area contributed by atoms with E-state index in [1.807, 2.05) is 0 Å². The fourth-order valence-electron chi connectivity index (χ4n) is 2.10. The van der Waals surface area contributed by atoms with Crippen molar-refractivity contribution in [1.82, 2.24) is 5.32 Å². The zero-order chi connectivity index (χ0) is 19.2. The normalized spacial score (nSPS) is 11.2. The molecular weight excluding hydrogens is 356 g/mol. The van der Waals surface area contributed by atoms with E-state index in [9.17, 15) is 13.2 Å². The van der Waals surface area contributed by atoms with Gasteiger partial charge in [0.25, 0.3) is 10.0 Å². The average Bonchev–Trinajstić information content (AvgIpc) is 2.66. The van der Waals surface area contributed by atoms with E-state index in [1.165, 1.54) is 39.5 Å². The van der Waals surface area contributed by atoms with Crippen molar-refractivity contribution in [2.45, 2.75) is 4.90 Å². The predicted octanol–water partition coefficient (Wildman–Crippen LogP) is 2.26. The molecule has 0 saturated carbocycles. The second-order valence-electron chi connectivity index (χ2n) is 5.19. The van der Waals surface area contributed by atoms with Gasteiger partial charge in [-0.15, -0.1) is 0 Å². The highest BCUT2D eigenvalue weighted by molar-refractivity contribution is 7.92. The Balaban J connectivity index is 2.23. The molecule has 1 amide bonds. The van der Waals surface area contributed by atoms with Crippen LogP contribution < -0.4 is 19.5 Å². The number of carbonyl (C=O) groups is 1. The van der Waals surface area contributed by atoms with Gasteiger partial charge in [0.1, 0.15) is 11.5 Å². The van der Waals surface area contributed by atoms with Crippen LogP contribution in [0.5, 0.6) is 11.5 Å². The summed E-state index contributed by atoms with van der Waals surface area (Å²) in [6.07, 6.45) is 2.96. The van der Waals surface area contributed by atoms with Crippen LogP contribution in [0.15, 0.2) is 53.4 Å². The Labute approximate surface area is 152 Å². The lowest BCUT2D eigenvalue weighted by Crippen LogP contribution is -2.14. The summed E-state index contributed by atoms with van der Waals surface area (Å²) in [5, 5.41) is 2.46. The van der Waals surface area contributed by atoms with E-state index in [4.69, 9.17) is 9.47 Å². The van der Waals surface area contributed by atoms with Crippen molar-refractivity contribution in [1.29, 1.82) is 0 Å². The molecule has 0 heterocycles. The van der Waals surface area contributed by atoms with Crippen LogP contribution in [-0.2, 0) is 14.8 Å². The third-order valence-corrected chi connectivity index (χ3v) is 4.90. The first-order chi connectivity index (χ1) is 12.4. The van der Waals surface area contributed by atoms with Crippen LogP contribution in [0.1, 0.15) is 5.56 Å². The summed E-state index contributed by atoms with van der Waals surface area (Å²) < 4.78 is 37.9. The van der Waals surface area contributed by atoms with Crippen molar-refractivity contribution >= 4 is 27.7 Å². The molecule has 0 aliphatic rings. The summed E-state index contributed by atoms with van der Waals surface area (Å²) in [6, 6.07) is 10.9. The topological polar surface area (TPSA) is 93.7 Å². The van der Waals surface area contributed by atoms with Crippen LogP contribution in [0.3, 0.4) is 0 Å². The molecule has 0 atom stereocenters. The zero-order valence-corrected chi connectivity index (χ0v) is 15.5. The van der Waals surface area contributed by atoms with Crippen molar-refractivity contribution in [3.05, 3.63) is 54.1 Å². The number of hydrogen-bond donors (Lipinski definition) is 2. The highest BCUT2D eigenvalue weighted by Crippen LogP contribution is 2.30. The third kappa shape index (κ3) is 4.76. The second-order valence-corrected chi connectivity index (χ2v) is 6.87. The molecule has 0 fully saturated rings. The highest BCUT2D eigenvalue weighted by Gasteiger charge is 2.16. The predicted molar refractivity (Wildman–Crippen MR) is 99.9 cm³/mol. The number of rotatable bonds is 7. The SMILES string of the molecule is CNC(=O)/C=C/c1ccc(S(=O)(=O)Nc2ccc(OC)cc2OC)cc1. The minimum Gasteiger partial charge on any atom is -0.497 e. The number of benzene rings is 2. The zero-order valence-electron chi connectivity index (χ0n) is 14.6. The number of sulfonamides is 1. The molecule has 0 saturated heterocycles. The number of hydrogen-bond acceptors (Lipinski definition) is 5. The fourth-order valence-corrected chi connectivity index (χ4v) is 3.17. The summed E-state index contributed by atoms with van der Waals surface area (Å²) in [5.41, 5.74) is 1.01. The number of ether oxygens (including phenoxy) is 2.